The standard InChI is InChI=1S/C20H22N2OS/c1-3-12-22(18-11-10-16-7-4-5-8-17(16)18)14-20(23)21-15(2)19-9-6-13-24-19/h1,4-9,13,15,18H,10-12,14H2,2H3,(H,21,23). The van der Waals surface area contributed by atoms with Crippen molar-refractivity contribution in [2.75, 3.05) is 13.1 Å². The summed E-state index contributed by atoms with van der Waals surface area (Å²) in [4.78, 5) is 15.8. The third-order valence-corrected chi connectivity index (χ3v) is 5.59. The van der Waals surface area contributed by atoms with Crippen LogP contribution in [0.5, 0.6) is 0 Å². The van der Waals surface area contributed by atoms with Gasteiger partial charge in [0.15, 0.2) is 0 Å². The lowest BCUT2D eigenvalue weighted by Crippen LogP contribution is -2.39. The molecule has 4 heteroatoms. The molecule has 0 aliphatic heterocycles. The zero-order chi connectivity index (χ0) is 16.9. The molecule has 2 unspecified atom stereocenters. The molecule has 1 amide bonds. The molecular weight excluding hydrogens is 316 g/mol. The molecule has 2 aromatic rings. The fourth-order valence-electron chi connectivity index (χ4n) is 3.39. The van der Waals surface area contributed by atoms with Gasteiger partial charge in [-0.2, -0.15) is 0 Å². The molecule has 1 N–H and O–H groups in total. The van der Waals surface area contributed by atoms with E-state index < -0.39 is 0 Å². The van der Waals surface area contributed by atoms with E-state index in [1.54, 1.807) is 11.3 Å². The molecule has 1 aliphatic rings. The minimum Gasteiger partial charge on any atom is -0.348 e. The van der Waals surface area contributed by atoms with E-state index >= 15 is 0 Å². The van der Waals surface area contributed by atoms with Gasteiger partial charge in [0, 0.05) is 10.9 Å². The lowest BCUT2D eigenvalue weighted by molar-refractivity contribution is -0.123. The van der Waals surface area contributed by atoms with Crippen molar-refractivity contribution < 1.29 is 4.79 Å². The molecule has 0 radical (unpaired) electrons. The van der Waals surface area contributed by atoms with Crippen LogP contribution in [0.2, 0.25) is 0 Å². The van der Waals surface area contributed by atoms with Crippen molar-refractivity contribution in [2.24, 2.45) is 0 Å². The number of hydrogen-bond acceptors (Lipinski definition) is 3. The Labute approximate surface area is 147 Å². The van der Waals surface area contributed by atoms with E-state index in [0.29, 0.717) is 13.1 Å². The van der Waals surface area contributed by atoms with Crippen molar-refractivity contribution in [3.8, 4) is 12.3 Å². The molecule has 0 saturated carbocycles. The van der Waals surface area contributed by atoms with Crippen LogP contribution in [0, 0.1) is 12.3 Å². The van der Waals surface area contributed by atoms with Crippen molar-refractivity contribution in [3.63, 3.8) is 0 Å². The zero-order valence-corrected chi connectivity index (χ0v) is 14.7. The number of aryl methyl sites for hydroxylation is 1. The van der Waals surface area contributed by atoms with Crippen molar-refractivity contribution in [3.05, 3.63) is 57.8 Å². The highest BCUT2D eigenvalue weighted by atomic mass is 32.1. The van der Waals surface area contributed by atoms with Gasteiger partial charge >= 0.3 is 0 Å². The van der Waals surface area contributed by atoms with Gasteiger partial charge < -0.3 is 5.32 Å². The second-order valence-electron chi connectivity index (χ2n) is 6.17. The Morgan fingerprint density at radius 1 is 1.42 bits per heavy atom. The van der Waals surface area contributed by atoms with Crippen LogP contribution in [0.4, 0.5) is 0 Å². The van der Waals surface area contributed by atoms with Gasteiger partial charge in [-0.05, 0) is 42.3 Å². The van der Waals surface area contributed by atoms with Gasteiger partial charge in [-0.1, -0.05) is 36.3 Å². The van der Waals surface area contributed by atoms with Crippen LogP contribution in [0.25, 0.3) is 0 Å². The maximum Gasteiger partial charge on any atom is 0.234 e. The van der Waals surface area contributed by atoms with Gasteiger partial charge in [0.1, 0.15) is 0 Å². The predicted molar refractivity (Wildman–Crippen MR) is 98.8 cm³/mol. The second kappa shape index (κ2) is 7.65. The highest BCUT2D eigenvalue weighted by Gasteiger charge is 2.28. The summed E-state index contributed by atoms with van der Waals surface area (Å²) < 4.78 is 0. The first-order chi connectivity index (χ1) is 11.7. The summed E-state index contributed by atoms with van der Waals surface area (Å²) in [5.74, 6) is 2.73. The van der Waals surface area contributed by atoms with E-state index in [4.69, 9.17) is 6.42 Å². The van der Waals surface area contributed by atoms with E-state index in [2.05, 4.69) is 40.4 Å². The first-order valence-electron chi connectivity index (χ1n) is 8.27. The van der Waals surface area contributed by atoms with E-state index in [9.17, 15) is 4.79 Å². The minimum atomic E-state index is 0.0236. The summed E-state index contributed by atoms with van der Waals surface area (Å²) in [6.45, 7) is 2.83. The number of nitrogens with zero attached hydrogens (tertiary/aromatic N) is 1. The van der Waals surface area contributed by atoms with Crippen LogP contribution in [0.15, 0.2) is 41.8 Å². The van der Waals surface area contributed by atoms with E-state index in [0.717, 1.165) is 17.7 Å². The Morgan fingerprint density at radius 2 is 2.25 bits per heavy atom. The third kappa shape index (κ3) is 3.69. The molecule has 0 saturated heterocycles. The van der Waals surface area contributed by atoms with Crippen LogP contribution in [-0.4, -0.2) is 23.9 Å². The number of benzene rings is 1. The van der Waals surface area contributed by atoms with E-state index in [-0.39, 0.29) is 18.0 Å². The van der Waals surface area contributed by atoms with Crippen molar-refractivity contribution in [1.29, 1.82) is 0 Å². The maximum atomic E-state index is 12.5. The molecule has 1 aliphatic carbocycles. The largest absolute Gasteiger partial charge is 0.348 e. The number of fused-ring (bicyclic) bond motifs is 1. The monoisotopic (exact) mass is 338 g/mol. The van der Waals surface area contributed by atoms with Gasteiger partial charge in [-0.15, -0.1) is 17.8 Å². The summed E-state index contributed by atoms with van der Waals surface area (Å²) in [5, 5.41) is 5.11. The Bertz CT molecular complexity index is 732. The quantitative estimate of drug-likeness (QED) is 0.817. The number of terminal acetylenes is 1. The molecule has 3 nitrogen and oxygen atoms in total. The number of amides is 1. The molecule has 0 fully saturated rings. The fourth-order valence-corrected chi connectivity index (χ4v) is 4.12. The Balaban J connectivity index is 1.66. The Kier molecular flexibility index (Phi) is 5.34. The number of thiophene rings is 1. The molecule has 1 aromatic carbocycles. The fraction of sp³-hybridized carbons (Fsp3) is 0.350. The molecule has 2 atom stereocenters. The number of carbonyl (C=O) groups is 1. The average molecular weight is 338 g/mol. The van der Waals surface area contributed by atoms with Gasteiger partial charge in [-0.3, -0.25) is 9.69 Å². The van der Waals surface area contributed by atoms with Gasteiger partial charge in [0.2, 0.25) is 5.91 Å². The molecule has 1 aromatic heterocycles. The average Bonchev–Trinajstić information content (AvgIpc) is 3.24. The van der Waals surface area contributed by atoms with Crippen LogP contribution < -0.4 is 5.32 Å². The lowest BCUT2D eigenvalue weighted by atomic mass is 10.1. The van der Waals surface area contributed by atoms with Crippen molar-refractivity contribution in [2.45, 2.75) is 31.8 Å². The molecule has 0 bridgehead atoms. The van der Waals surface area contributed by atoms with Crippen LogP contribution in [0.3, 0.4) is 0 Å². The molecule has 1 heterocycles. The molecule has 24 heavy (non-hydrogen) atoms. The Hall–Kier alpha value is -2.09. The zero-order valence-electron chi connectivity index (χ0n) is 13.9. The summed E-state index contributed by atoms with van der Waals surface area (Å²) in [6.07, 6.45) is 7.62. The van der Waals surface area contributed by atoms with E-state index in [1.807, 2.05) is 24.4 Å². The highest BCUT2D eigenvalue weighted by molar-refractivity contribution is 7.10. The van der Waals surface area contributed by atoms with Gasteiger partial charge in [-0.25, -0.2) is 0 Å². The normalized spacial score (nSPS) is 17.3. The van der Waals surface area contributed by atoms with Gasteiger partial charge in [0.25, 0.3) is 0 Å². The second-order valence-corrected chi connectivity index (χ2v) is 7.15. The number of nitrogens with one attached hydrogen (secondary N) is 1. The minimum absolute atomic E-state index is 0.0236. The topological polar surface area (TPSA) is 32.3 Å². The van der Waals surface area contributed by atoms with Crippen molar-refractivity contribution >= 4 is 17.2 Å². The molecular formula is C20H22N2OS. The maximum absolute atomic E-state index is 12.5. The first kappa shape index (κ1) is 16.8. The molecule has 124 valence electrons. The third-order valence-electron chi connectivity index (χ3n) is 4.53. The summed E-state index contributed by atoms with van der Waals surface area (Å²) in [6, 6.07) is 12.8. The number of hydrogen-bond donors (Lipinski definition) is 1. The van der Waals surface area contributed by atoms with E-state index in [1.165, 1.54) is 11.1 Å². The molecule has 3 rings (SSSR count). The Morgan fingerprint density at radius 3 is 3.00 bits per heavy atom. The predicted octanol–water partition coefficient (Wildman–Crippen LogP) is 3.55. The van der Waals surface area contributed by atoms with Crippen LogP contribution in [-0.2, 0) is 11.2 Å². The molecule has 0 spiro atoms. The number of carbonyl (C=O) groups excluding carboxylic acids is 1. The van der Waals surface area contributed by atoms with Crippen molar-refractivity contribution in [1.82, 2.24) is 10.2 Å². The summed E-state index contributed by atoms with van der Waals surface area (Å²) in [7, 11) is 0. The first-order valence-corrected chi connectivity index (χ1v) is 9.15. The SMILES string of the molecule is C#CCN(CC(=O)NC(C)c1cccs1)C1CCc2ccccc21. The summed E-state index contributed by atoms with van der Waals surface area (Å²) >= 11 is 1.66. The summed E-state index contributed by atoms with van der Waals surface area (Å²) in [5.41, 5.74) is 2.68. The smallest absolute Gasteiger partial charge is 0.234 e. The van der Waals surface area contributed by atoms with Gasteiger partial charge in [0.05, 0.1) is 19.1 Å². The lowest BCUT2D eigenvalue weighted by Gasteiger charge is -2.27. The van der Waals surface area contributed by atoms with Crippen LogP contribution in [0.1, 0.15) is 41.4 Å². The van der Waals surface area contributed by atoms with Crippen LogP contribution >= 0.6 is 11.3 Å². The highest BCUT2D eigenvalue weighted by Crippen LogP contribution is 2.35. The number of rotatable bonds is 6.